The number of halogens is 2. The zero-order valence-electron chi connectivity index (χ0n) is 8.73. The van der Waals surface area contributed by atoms with Crippen LogP contribution in [-0.4, -0.2) is 18.9 Å². The molecule has 0 aliphatic heterocycles. The molecular formula is C10H10Cl2N2O2. The molecule has 16 heavy (non-hydrogen) atoms. The van der Waals surface area contributed by atoms with Crippen LogP contribution in [0.2, 0.25) is 10.0 Å². The van der Waals surface area contributed by atoms with E-state index in [4.69, 9.17) is 23.2 Å². The third-order valence-electron chi connectivity index (χ3n) is 1.91. The number of Topliss-reactive ketones (excluding diaryl/α,β-unsaturated/α-hetero) is 1. The zero-order chi connectivity index (χ0) is 12.3. The molecule has 0 atom stereocenters. The molecule has 1 aromatic carbocycles. The van der Waals surface area contributed by atoms with Crippen molar-refractivity contribution < 1.29 is 9.59 Å². The van der Waals surface area contributed by atoms with Gasteiger partial charge in [-0.25, -0.2) is 4.79 Å². The highest BCUT2D eigenvalue weighted by molar-refractivity contribution is 6.40. The maximum Gasteiger partial charge on any atom is 0.319 e. The Labute approximate surface area is 103 Å². The zero-order valence-corrected chi connectivity index (χ0v) is 10.2. The Bertz CT molecular complexity index is 423. The summed E-state index contributed by atoms with van der Waals surface area (Å²) in [7, 11) is 1.47. The molecule has 0 radical (unpaired) electrons. The Morgan fingerprint density at radius 3 is 2.06 bits per heavy atom. The molecule has 2 amide bonds. The van der Waals surface area contributed by atoms with E-state index < -0.39 is 6.03 Å². The maximum atomic E-state index is 11.1. The van der Waals surface area contributed by atoms with Crippen molar-refractivity contribution in [2.24, 2.45) is 0 Å². The van der Waals surface area contributed by atoms with E-state index in [-0.39, 0.29) is 21.5 Å². The molecular weight excluding hydrogens is 251 g/mol. The summed E-state index contributed by atoms with van der Waals surface area (Å²) in [5.41, 5.74) is 0.685. The first-order valence-corrected chi connectivity index (χ1v) is 5.20. The minimum Gasteiger partial charge on any atom is -0.341 e. The van der Waals surface area contributed by atoms with Gasteiger partial charge in [-0.2, -0.15) is 0 Å². The van der Waals surface area contributed by atoms with Gasteiger partial charge in [0.15, 0.2) is 5.78 Å². The number of hydrogen-bond donors (Lipinski definition) is 2. The Hall–Kier alpha value is -1.26. The highest BCUT2D eigenvalue weighted by Crippen LogP contribution is 2.31. The third-order valence-corrected chi connectivity index (χ3v) is 2.51. The predicted octanol–water partition coefficient (Wildman–Crippen LogP) is 2.95. The molecule has 6 heteroatoms. The first kappa shape index (κ1) is 12.8. The van der Waals surface area contributed by atoms with E-state index in [0.29, 0.717) is 5.56 Å². The van der Waals surface area contributed by atoms with Gasteiger partial charge in [0, 0.05) is 12.6 Å². The molecule has 0 unspecified atom stereocenters. The van der Waals surface area contributed by atoms with E-state index in [0.717, 1.165) is 0 Å². The fourth-order valence-corrected chi connectivity index (χ4v) is 1.65. The lowest BCUT2D eigenvalue weighted by Crippen LogP contribution is -2.24. The van der Waals surface area contributed by atoms with Gasteiger partial charge in [-0.15, -0.1) is 0 Å². The molecule has 86 valence electrons. The predicted molar refractivity (Wildman–Crippen MR) is 64.5 cm³/mol. The van der Waals surface area contributed by atoms with Gasteiger partial charge in [0.25, 0.3) is 0 Å². The molecule has 0 bridgehead atoms. The number of nitrogens with one attached hydrogen (secondary N) is 2. The number of hydrogen-bond acceptors (Lipinski definition) is 2. The van der Waals surface area contributed by atoms with Crippen LogP contribution >= 0.6 is 23.2 Å². The summed E-state index contributed by atoms with van der Waals surface area (Å²) in [5, 5.41) is 5.29. The standard InChI is InChI=1S/C10H10Cl2N2O2/c1-5(15)6-3-7(11)9(8(12)4-6)14-10(16)13-2/h3-4H,1-2H3,(H2,13,14,16). The van der Waals surface area contributed by atoms with Crippen molar-refractivity contribution in [3.63, 3.8) is 0 Å². The van der Waals surface area contributed by atoms with E-state index in [1.165, 1.54) is 26.1 Å². The summed E-state index contributed by atoms with van der Waals surface area (Å²) in [4.78, 5) is 22.2. The number of benzene rings is 1. The van der Waals surface area contributed by atoms with Crippen LogP contribution in [-0.2, 0) is 0 Å². The molecule has 0 aromatic heterocycles. The molecule has 0 aliphatic rings. The maximum absolute atomic E-state index is 11.1. The molecule has 0 heterocycles. The van der Waals surface area contributed by atoms with Crippen molar-refractivity contribution >= 4 is 40.7 Å². The molecule has 0 aliphatic carbocycles. The number of urea groups is 1. The van der Waals surface area contributed by atoms with Gasteiger partial charge in [0.05, 0.1) is 15.7 Å². The quantitative estimate of drug-likeness (QED) is 0.804. The van der Waals surface area contributed by atoms with Crippen LogP contribution in [0.1, 0.15) is 17.3 Å². The highest BCUT2D eigenvalue weighted by Gasteiger charge is 2.12. The first-order chi connectivity index (χ1) is 7.45. The molecule has 0 fully saturated rings. The number of carbonyl (C=O) groups excluding carboxylic acids is 2. The average molecular weight is 261 g/mol. The topological polar surface area (TPSA) is 58.2 Å². The largest absolute Gasteiger partial charge is 0.341 e. The van der Waals surface area contributed by atoms with Crippen molar-refractivity contribution in [1.29, 1.82) is 0 Å². The van der Waals surface area contributed by atoms with Gasteiger partial charge < -0.3 is 10.6 Å². The molecule has 1 rings (SSSR count). The van der Waals surface area contributed by atoms with Crippen LogP contribution in [0, 0.1) is 0 Å². The van der Waals surface area contributed by atoms with Crippen LogP contribution in [0.25, 0.3) is 0 Å². The fraction of sp³-hybridized carbons (Fsp3) is 0.200. The lowest BCUT2D eigenvalue weighted by Gasteiger charge is -2.09. The molecule has 0 spiro atoms. The van der Waals surface area contributed by atoms with E-state index in [9.17, 15) is 9.59 Å². The Morgan fingerprint density at radius 2 is 1.69 bits per heavy atom. The van der Waals surface area contributed by atoms with Crippen LogP contribution in [0.4, 0.5) is 10.5 Å². The monoisotopic (exact) mass is 260 g/mol. The lowest BCUT2D eigenvalue weighted by atomic mass is 10.1. The van der Waals surface area contributed by atoms with Crippen LogP contribution in [0.5, 0.6) is 0 Å². The van der Waals surface area contributed by atoms with Crippen molar-refractivity contribution in [1.82, 2.24) is 5.32 Å². The van der Waals surface area contributed by atoms with Crippen molar-refractivity contribution in [3.05, 3.63) is 27.7 Å². The fourth-order valence-electron chi connectivity index (χ4n) is 1.07. The SMILES string of the molecule is CNC(=O)Nc1c(Cl)cc(C(C)=O)cc1Cl. The number of ketones is 1. The van der Waals surface area contributed by atoms with Crippen LogP contribution in [0.15, 0.2) is 12.1 Å². The van der Waals surface area contributed by atoms with Gasteiger partial charge in [-0.3, -0.25) is 4.79 Å². The van der Waals surface area contributed by atoms with Gasteiger partial charge in [0.1, 0.15) is 0 Å². The average Bonchev–Trinajstić information content (AvgIpc) is 2.22. The van der Waals surface area contributed by atoms with Crippen molar-refractivity contribution in [2.75, 3.05) is 12.4 Å². The second-order valence-corrected chi connectivity index (χ2v) is 3.89. The molecule has 0 saturated carbocycles. The molecule has 4 nitrogen and oxygen atoms in total. The van der Waals surface area contributed by atoms with Crippen molar-refractivity contribution in [2.45, 2.75) is 6.92 Å². The summed E-state index contributed by atoms with van der Waals surface area (Å²) < 4.78 is 0. The third kappa shape index (κ3) is 2.87. The Balaban J connectivity index is 3.12. The minimum atomic E-state index is -0.431. The highest BCUT2D eigenvalue weighted by atomic mass is 35.5. The summed E-state index contributed by atoms with van der Waals surface area (Å²) in [6, 6.07) is 2.49. The smallest absolute Gasteiger partial charge is 0.319 e. The van der Waals surface area contributed by atoms with Gasteiger partial charge in [-0.1, -0.05) is 23.2 Å². The number of anilines is 1. The van der Waals surface area contributed by atoms with Crippen LogP contribution in [0.3, 0.4) is 0 Å². The Kier molecular flexibility index (Phi) is 4.15. The van der Waals surface area contributed by atoms with E-state index in [1.807, 2.05) is 0 Å². The van der Waals surface area contributed by atoms with Crippen molar-refractivity contribution in [3.8, 4) is 0 Å². The lowest BCUT2D eigenvalue weighted by molar-refractivity contribution is 0.101. The number of carbonyl (C=O) groups is 2. The van der Waals surface area contributed by atoms with Gasteiger partial charge in [-0.05, 0) is 19.1 Å². The molecule has 2 N–H and O–H groups in total. The number of amides is 2. The summed E-state index contributed by atoms with van der Waals surface area (Å²) in [5.74, 6) is -0.143. The second kappa shape index (κ2) is 5.18. The summed E-state index contributed by atoms with van der Waals surface area (Å²) >= 11 is 11.8. The normalized spacial score (nSPS) is 9.75. The van der Waals surface area contributed by atoms with E-state index in [1.54, 1.807) is 0 Å². The molecule has 0 saturated heterocycles. The first-order valence-electron chi connectivity index (χ1n) is 4.44. The van der Waals surface area contributed by atoms with E-state index in [2.05, 4.69) is 10.6 Å². The van der Waals surface area contributed by atoms with Gasteiger partial charge in [0.2, 0.25) is 0 Å². The minimum absolute atomic E-state index is 0.143. The van der Waals surface area contributed by atoms with Crippen LogP contribution < -0.4 is 10.6 Å². The van der Waals surface area contributed by atoms with Gasteiger partial charge >= 0.3 is 6.03 Å². The van der Waals surface area contributed by atoms with E-state index >= 15 is 0 Å². The molecule has 1 aromatic rings. The second-order valence-electron chi connectivity index (χ2n) is 3.08. The summed E-state index contributed by atoms with van der Waals surface area (Å²) in [6.45, 7) is 1.41. The summed E-state index contributed by atoms with van der Waals surface area (Å²) in [6.07, 6.45) is 0. The Morgan fingerprint density at radius 1 is 1.19 bits per heavy atom. The number of rotatable bonds is 2.